The predicted molar refractivity (Wildman–Crippen MR) is 137 cm³/mol. The minimum Gasteiger partial charge on any atom is -0.466 e. The largest absolute Gasteiger partial charge is 0.466 e. The molecule has 0 radical (unpaired) electrons. The van der Waals surface area contributed by atoms with Crippen molar-refractivity contribution in [3.05, 3.63) is 112 Å². The second-order valence-corrected chi connectivity index (χ2v) is 8.91. The molecule has 0 saturated carbocycles. The molecular formula is C29H18F7N3O5. The molecule has 4 rings (SSSR count). The van der Waals surface area contributed by atoms with E-state index in [1.54, 1.807) is 24.3 Å². The molecule has 0 aliphatic carbocycles. The maximum Gasteiger partial charge on any atom is 0.416 e. The SMILES string of the molecule is COC(=O)C1=C(C(=O)OC)N(c2ccc(F)c(F)c2Oc2c(F)cc(C(F)(F)F)cc2F)C(N)=C(C#N)C1c1ccccc1. The van der Waals surface area contributed by atoms with Crippen LogP contribution in [-0.4, -0.2) is 26.2 Å². The van der Waals surface area contributed by atoms with Gasteiger partial charge in [0, 0.05) is 0 Å². The Hall–Kier alpha value is -5.52. The fourth-order valence-electron chi connectivity index (χ4n) is 4.48. The van der Waals surface area contributed by atoms with Crippen LogP contribution in [0.5, 0.6) is 11.5 Å². The molecule has 15 heteroatoms. The maximum atomic E-state index is 15.3. The number of hydrogen-bond acceptors (Lipinski definition) is 8. The third-order valence-corrected chi connectivity index (χ3v) is 6.41. The van der Waals surface area contributed by atoms with E-state index in [-0.39, 0.29) is 17.7 Å². The number of halogens is 7. The molecule has 1 unspecified atom stereocenters. The predicted octanol–water partition coefficient (Wildman–Crippen LogP) is 5.95. The highest BCUT2D eigenvalue weighted by atomic mass is 19.4. The molecule has 1 heterocycles. The first-order valence-corrected chi connectivity index (χ1v) is 12.1. The van der Waals surface area contributed by atoms with E-state index >= 15 is 4.39 Å². The summed E-state index contributed by atoms with van der Waals surface area (Å²) in [6, 6.07) is 10.4. The summed E-state index contributed by atoms with van der Waals surface area (Å²) in [4.78, 5) is 27.0. The summed E-state index contributed by atoms with van der Waals surface area (Å²) >= 11 is 0. The Labute approximate surface area is 243 Å². The number of nitriles is 1. The number of rotatable bonds is 6. The van der Waals surface area contributed by atoms with Gasteiger partial charge < -0.3 is 19.9 Å². The van der Waals surface area contributed by atoms with Crippen molar-refractivity contribution < 1.29 is 54.5 Å². The van der Waals surface area contributed by atoms with Gasteiger partial charge in [0.25, 0.3) is 0 Å². The normalized spacial score (nSPS) is 15.2. The van der Waals surface area contributed by atoms with Crippen LogP contribution in [0.25, 0.3) is 0 Å². The van der Waals surface area contributed by atoms with E-state index in [9.17, 15) is 41.2 Å². The molecule has 228 valence electrons. The van der Waals surface area contributed by atoms with Gasteiger partial charge in [0.2, 0.25) is 5.82 Å². The number of benzene rings is 3. The van der Waals surface area contributed by atoms with E-state index in [1.165, 1.54) is 12.1 Å². The zero-order valence-corrected chi connectivity index (χ0v) is 22.4. The standard InChI is InChI=1S/C29H18F7N3O5/c1-42-27(40)21-20(13-6-4-3-5-7-13)15(12-37)26(38)39(23(21)28(41)43-2)19-9-8-16(30)22(33)25(19)44-24-17(31)10-14(11-18(24)32)29(34,35)36/h3-11,20H,38H2,1-2H3. The first-order valence-electron chi connectivity index (χ1n) is 12.1. The van der Waals surface area contributed by atoms with Crippen molar-refractivity contribution in [1.82, 2.24) is 0 Å². The number of anilines is 1. The van der Waals surface area contributed by atoms with Crippen molar-refractivity contribution in [2.45, 2.75) is 12.1 Å². The quantitative estimate of drug-likeness (QED) is 0.265. The Morgan fingerprint density at radius 3 is 2.00 bits per heavy atom. The molecule has 44 heavy (non-hydrogen) atoms. The average molecular weight is 621 g/mol. The van der Waals surface area contributed by atoms with E-state index < -0.39 is 92.7 Å². The van der Waals surface area contributed by atoms with Crippen LogP contribution in [0, 0.1) is 34.6 Å². The molecular weight excluding hydrogens is 603 g/mol. The molecule has 0 aromatic heterocycles. The molecule has 3 aromatic rings. The molecule has 0 fully saturated rings. The smallest absolute Gasteiger partial charge is 0.416 e. The van der Waals surface area contributed by atoms with Gasteiger partial charge in [-0.3, -0.25) is 4.90 Å². The van der Waals surface area contributed by atoms with Gasteiger partial charge in [-0.05, 0) is 29.8 Å². The summed E-state index contributed by atoms with van der Waals surface area (Å²) < 4.78 is 113. The third-order valence-electron chi connectivity index (χ3n) is 6.41. The third kappa shape index (κ3) is 5.49. The molecule has 1 aliphatic heterocycles. The van der Waals surface area contributed by atoms with Crippen LogP contribution in [0.2, 0.25) is 0 Å². The highest BCUT2D eigenvalue weighted by Crippen LogP contribution is 2.47. The zero-order chi connectivity index (χ0) is 32.5. The lowest BCUT2D eigenvalue weighted by atomic mass is 9.81. The number of carbonyl (C=O) groups is 2. The Morgan fingerprint density at radius 1 is 0.886 bits per heavy atom. The van der Waals surface area contributed by atoms with Crippen LogP contribution < -0.4 is 15.4 Å². The number of alkyl halides is 3. The van der Waals surface area contributed by atoms with Gasteiger partial charge in [0.15, 0.2) is 29.0 Å². The molecule has 0 bridgehead atoms. The topological polar surface area (TPSA) is 115 Å². The number of methoxy groups -OCH3 is 2. The molecule has 0 spiro atoms. The Bertz CT molecular complexity index is 1740. The Morgan fingerprint density at radius 2 is 1.48 bits per heavy atom. The fraction of sp³-hybridized carbons (Fsp3) is 0.138. The van der Waals surface area contributed by atoms with Crippen LogP contribution >= 0.6 is 0 Å². The number of ether oxygens (including phenoxy) is 3. The van der Waals surface area contributed by atoms with Gasteiger partial charge in [-0.25, -0.2) is 22.8 Å². The fourth-order valence-corrected chi connectivity index (χ4v) is 4.48. The van der Waals surface area contributed by atoms with Crippen LogP contribution in [-0.2, 0) is 25.2 Å². The molecule has 1 atom stereocenters. The number of nitrogens with zero attached hydrogens (tertiary/aromatic N) is 2. The minimum absolute atomic E-state index is 0.141. The maximum absolute atomic E-state index is 15.3. The second-order valence-electron chi connectivity index (χ2n) is 8.91. The Balaban J connectivity index is 2.06. The van der Waals surface area contributed by atoms with Gasteiger partial charge in [0.05, 0.1) is 48.6 Å². The highest BCUT2D eigenvalue weighted by molar-refractivity contribution is 6.06. The summed E-state index contributed by atoms with van der Waals surface area (Å²) in [7, 11) is 1.85. The van der Waals surface area contributed by atoms with Crippen molar-refractivity contribution >= 4 is 17.6 Å². The number of hydrogen-bond donors (Lipinski definition) is 1. The van der Waals surface area contributed by atoms with Crippen molar-refractivity contribution in [2.24, 2.45) is 5.73 Å². The second kappa shape index (κ2) is 12.0. The lowest BCUT2D eigenvalue weighted by Crippen LogP contribution is -2.41. The lowest BCUT2D eigenvalue weighted by molar-refractivity contribution is -0.139. The summed E-state index contributed by atoms with van der Waals surface area (Å²) in [6.07, 6.45) is -5.17. The van der Waals surface area contributed by atoms with Crippen molar-refractivity contribution in [2.75, 3.05) is 19.1 Å². The number of esters is 2. The number of nitrogens with two attached hydrogens (primary N) is 1. The molecule has 0 amide bonds. The average Bonchev–Trinajstić information content (AvgIpc) is 2.99. The minimum atomic E-state index is -5.17. The first-order chi connectivity index (χ1) is 20.8. The molecule has 1 aliphatic rings. The number of allylic oxidation sites excluding steroid dienone is 1. The van der Waals surface area contributed by atoms with Crippen LogP contribution in [0.15, 0.2) is 77.3 Å². The molecule has 8 nitrogen and oxygen atoms in total. The van der Waals surface area contributed by atoms with Crippen LogP contribution in [0.1, 0.15) is 17.0 Å². The van der Waals surface area contributed by atoms with Crippen molar-refractivity contribution in [3.8, 4) is 17.6 Å². The van der Waals surface area contributed by atoms with Crippen molar-refractivity contribution in [3.63, 3.8) is 0 Å². The van der Waals surface area contributed by atoms with Gasteiger partial charge in [0.1, 0.15) is 11.5 Å². The molecule has 0 saturated heterocycles. The summed E-state index contributed by atoms with van der Waals surface area (Å²) in [6.45, 7) is 0. The zero-order valence-electron chi connectivity index (χ0n) is 22.4. The first kappa shape index (κ1) is 31.4. The van der Waals surface area contributed by atoms with Crippen molar-refractivity contribution in [1.29, 1.82) is 5.26 Å². The van der Waals surface area contributed by atoms with Crippen LogP contribution in [0.4, 0.5) is 36.4 Å². The summed E-state index contributed by atoms with van der Waals surface area (Å²) in [5.74, 6) is -15.0. The van der Waals surface area contributed by atoms with E-state index in [1.807, 2.05) is 0 Å². The lowest BCUT2D eigenvalue weighted by Gasteiger charge is -2.36. The van der Waals surface area contributed by atoms with Gasteiger partial charge >= 0.3 is 18.1 Å². The summed E-state index contributed by atoms with van der Waals surface area (Å²) in [5.41, 5.74) is 2.27. The monoisotopic (exact) mass is 621 g/mol. The van der Waals surface area contributed by atoms with Crippen LogP contribution in [0.3, 0.4) is 0 Å². The van der Waals surface area contributed by atoms with E-state index in [0.717, 1.165) is 20.3 Å². The van der Waals surface area contributed by atoms with E-state index in [4.69, 9.17) is 19.9 Å². The highest BCUT2D eigenvalue weighted by Gasteiger charge is 2.44. The molecule has 3 aromatic carbocycles. The van der Waals surface area contributed by atoms with Gasteiger partial charge in [-0.1, -0.05) is 30.3 Å². The van der Waals surface area contributed by atoms with E-state index in [0.29, 0.717) is 11.0 Å². The Kier molecular flexibility index (Phi) is 8.57. The van der Waals surface area contributed by atoms with E-state index in [2.05, 4.69) is 0 Å². The van der Waals surface area contributed by atoms with Gasteiger partial charge in [-0.15, -0.1) is 0 Å². The summed E-state index contributed by atoms with van der Waals surface area (Å²) in [5, 5.41) is 10.1. The van der Waals surface area contributed by atoms with Gasteiger partial charge in [-0.2, -0.15) is 22.8 Å². The number of carbonyl (C=O) groups excluding carboxylic acids is 2. The molecule has 2 N–H and O–H groups in total.